The normalized spacial score (nSPS) is 19.6. The van der Waals surface area contributed by atoms with Gasteiger partial charge in [0.05, 0.1) is 6.33 Å². The van der Waals surface area contributed by atoms with Crippen LogP contribution in [0.4, 0.5) is 0 Å². The van der Waals surface area contributed by atoms with Crippen LogP contribution in [-0.4, -0.2) is 18.7 Å². The summed E-state index contributed by atoms with van der Waals surface area (Å²) in [4.78, 5) is 29.0. The minimum atomic E-state index is -2.96. The Morgan fingerprint density at radius 3 is 2.84 bits per heavy atom. The second kappa shape index (κ2) is 5.42. The molecular formula is C13H20N4O2. The first kappa shape index (κ1) is 6.54. The lowest BCUT2D eigenvalue weighted by molar-refractivity contribution is 0.539. The number of rotatable bonds is 5. The van der Waals surface area contributed by atoms with Crippen LogP contribution in [0.15, 0.2) is 15.9 Å². The van der Waals surface area contributed by atoms with Crippen molar-refractivity contribution in [3.63, 3.8) is 0 Å². The molecular weight excluding hydrogens is 244 g/mol. The van der Waals surface area contributed by atoms with E-state index in [0.717, 1.165) is 6.33 Å². The molecule has 0 N–H and O–H groups in total. The molecule has 0 amide bonds. The summed E-state index contributed by atoms with van der Waals surface area (Å²) in [5, 5.41) is 0. The van der Waals surface area contributed by atoms with Gasteiger partial charge in [-0.1, -0.05) is 26.1 Å². The molecule has 104 valence electrons. The molecule has 0 bridgehead atoms. The molecule has 0 radical (unpaired) electrons. The zero-order chi connectivity index (χ0) is 20.8. The highest BCUT2D eigenvalue weighted by Crippen LogP contribution is 2.04. The number of hydrogen-bond acceptors (Lipinski definition) is 3. The number of nitrogens with zero attached hydrogens (tertiary/aromatic N) is 4. The van der Waals surface area contributed by atoms with Crippen molar-refractivity contribution in [2.75, 3.05) is 0 Å². The number of hydrogen-bond donors (Lipinski definition) is 0. The Bertz CT molecular complexity index is 945. The first-order chi connectivity index (χ1) is 12.1. The van der Waals surface area contributed by atoms with E-state index in [9.17, 15) is 9.59 Å². The molecule has 0 unspecified atom stereocenters. The first-order valence-electron chi connectivity index (χ1n) is 9.88. The van der Waals surface area contributed by atoms with Crippen molar-refractivity contribution in [2.24, 2.45) is 14.0 Å². The van der Waals surface area contributed by atoms with E-state index < -0.39 is 42.7 Å². The van der Waals surface area contributed by atoms with Gasteiger partial charge in [-0.3, -0.25) is 13.9 Å². The highest BCUT2D eigenvalue weighted by Gasteiger charge is 2.14. The Labute approximate surface area is 122 Å². The monoisotopic (exact) mass is 272 g/mol. The van der Waals surface area contributed by atoms with Crippen LogP contribution >= 0.6 is 0 Å². The Morgan fingerprint density at radius 2 is 2.16 bits per heavy atom. The molecule has 0 saturated carbocycles. The fourth-order valence-electron chi connectivity index (χ4n) is 1.90. The maximum atomic E-state index is 12.7. The molecule has 0 spiro atoms. The van der Waals surface area contributed by atoms with Gasteiger partial charge in [0, 0.05) is 31.5 Å². The van der Waals surface area contributed by atoms with Crippen LogP contribution in [0.25, 0.3) is 11.2 Å². The van der Waals surface area contributed by atoms with Crippen LogP contribution < -0.4 is 11.2 Å². The lowest BCUT2D eigenvalue weighted by Gasteiger charge is -2.08. The second-order valence-electron chi connectivity index (χ2n) is 4.17. The SMILES string of the molecule is [2H]C([2H])(C)CCCCn1c(=O)c2c(ncn2C([2H])([2H])[2H])n(C([2H])([2H])[2H])c1=O. The summed E-state index contributed by atoms with van der Waals surface area (Å²) in [5.74, 6) is 0. The number of aryl methyl sites for hydroxylation is 2. The van der Waals surface area contributed by atoms with E-state index in [2.05, 4.69) is 4.98 Å². The highest BCUT2D eigenvalue weighted by atomic mass is 16.2. The van der Waals surface area contributed by atoms with Crippen LogP contribution in [0.2, 0.25) is 0 Å². The van der Waals surface area contributed by atoms with Crippen molar-refractivity contribution in [2.45, 2.75) is 39.1 Å². The topological polar surface area (TPSA) is 61.8 Å². The minimum Gasteiger partial charge on any atom is -0.328 e. The predicted molar refractivity (Wildman–Crippen MR) is 74.4 cm³/mol. The van der Waals surface area contributed by atoms with Crippen LogP contribution in [0.3, 0.4) is 0 Å². The fourth-order valence-corrected chi connectivity index (χ4v) is 1.90. The van der Waals surface area contributed by atoms with E-state index in [1.54, 1.807) is 0 Å². The Balaban J connectivity index is 2.63. The van der Waals surface area contributed by atoms with E-state index in [0.29, 0.717) is 20.1 Å². The van der Waals surface area contributed by atoms with E-state index >= 15 is 0 Å². The van der Waals surface area contributed by atoms with Crippen molar-refractivity contribution in [1.82, 2.24) is 18.7 Å². The summed E-state index contributed by atoms with van der Waals surface area (Å²) in [6, 6.07) is 0. The van der Waals surface area contributed by atoms with Gasteiger partial charge < -0.3 is 4.57 Å². The number of unbranched alkanes of at least 4 members (excludes halogenated alkanes) is 1. The summed E-state index contributed by atoms with van der Waals surface area (Å²) in [5.41, 5.74) is -3.05. The summed E-state index contributed by atoms with van der Waals surface area (Å²) >= 11 is 0. The molecule has 0 aliphatic carbocycles. The zero-order valence-corrected chi connectivity index (χ0v) is 10.5. The number of fused-ring (bicyclic) bond motifs is 1. The fraction of sp³-hybridized carbons (Fsp3) is 0.615. The molecule has 2 aromatic rings. The molecule has 0 aliphatic heterocycles. The van der Waals surface area contributed by atoms with Crippen molar-refractivity contribution in [1.29, 1.82) is 0 Å². The van der Waals surface area contributed by atoms with Crippen molar-refractivity contribution in [3.8, 4) is 0 Å². The van der Waals surface area contributed by atoms with E-state index in [1.807, 2.05) is 0 Å². The predicted octanol–water partition coefficient (Wildman–Crippen LogP) is 1.01. The maximum Gasteiger partial charge on any atom is 0.332 e. The van der Waals surface area contributed by atoms with Crippen LogP contribution in [0.5, 0.6) is 0 Å². The van der Waals surface area contributed by atoms with Gasteiger partial charge in [0.1, 0.15) is 0 Å². The van der Waals surface area contributed by atoms with Crippen LogP contribution in [-0.2, 0) is 20.5 Å². The van der Waals surface area contributed by atoms with E-state index in [-0.39, 0.29) is 19.4 Å². The average Bonchev–Trinajstić information content (AvgIpc) is 2.88. The van der Waals surface area contributed by atoms with Crippen molar-refractivity contribution in [3.05, 3.63) is 27.2 Å². The molecule has 0 atom stereocenters. The Hall–Kier alpha value is -1.85. The maximum absolute atomic E-state index is 12.7. The van der Waals surface area contributed by atoms with Crippen LogP contribution in [0.1, 0.15) is 43.5 Å². The molecule has 6 heteroatoms. The number of imidazole rings is 1. The minimum absolute atomic E-state index is 0.161. The van der Waals surface area contributed by atoms with Gasteiger partial charge in [-0.2, -0.15) is 0 Å². The molecule has 6 nitrogen and oxygen atoms in total. The van der Waals surface area contributed by atoms with Gasteiger partial charge in [-0.15, -0.1) is 0 Å². The Kier molecular flexibility index (Phi) is 1.87. The molecule has 2 aromatic heterocycles. The molecule has 0 saturated heterocycles. The molecule has 19 heavy (non-hydrogen) atoms. The second-order valence-corrected chi connectivity index (χ2v) is 4.17. The van der Waals surface area contributed by atoms with E-state index in [1.165, 1.54) is 6.92 Å². The van der Waals surface area contributed by atoms with Gasteiger partial charge in [0.25, 0.3) is 5.56 Å². The first-order valence-corrected chi connectivity index (χ1v) is 5.88. The number of aromatic nitrogens is 4. The molecule has 0 fully saturated rings. The smallest absolute Gasteiger partial charge is 0.328 e. The van der Waals surface area contributed by atoms with Gasteiger partial charge in [-0.25, -0.2) is 9.78 Å². The molecule has 2 rings (SSSR count). The van der Waals surface area contributed by atoms with Crippen molar-refractivity contribution < 1.29 is 11.0 Å². The van der Waals surface area contributed by atoms with Crippen LogP contribution in [0, 0.1) is 0 Å². The zero-order valence-electron chi connectivity index (χ0n) is 18.5. The van der Waals surface area contributed by atoms with Gasteiger partial charge in [0.2, 0.25) is 0 Å². The average molecular weight is 272 g/mol. The standard InChI is InChI=1S/C13H20N4O2/c1-4-5-6-7-8-17-12(18)10-11(14-9-15(10)2)16(3)13(17)19/h9H,4-8H2,1-3H3/i2D3,3D3,4D2. The summed E-state index contributed by atoms with van der Waals surface area (Å²) < 4.78 is 61.7. The van der Waals surface area contributed by atoms with Gasteiger partial charge in [-0.05, 0) is 6.42 Å². The summed E-state index contributed by atoms with van der Waals surface area (Å²) in [6.07, 6.45) is 0.214. The van der Waals surface area contributed by atoms with Crippen molar-refractivity contribution >= 4 is 11.2 Å². The molecule has 2 heterocycles. The van der Waals surface area contributed by atoms with Gasteiger partial charge >= 0.3 is 5.69 Å². The Morgan fingerprint density at radius 1 is 1.32 bits per heavy atom. The third-order valence-electron chi connectivity index (χ3n) is 2.89. The summed E-state index contributed by atoms with van der Waals surface area (Å²) in [7, 11) is 0. The quantitative estimate of drug-likeness (QED) is 0.763. The third kappa shape index (κ3) is 2.34. The van der Waals surface area contributed by atoms with Gasteiger partial charge in [0.15, 0.2) is 11.2 Å². The molecule has 0 aliphatic rings. The third-order valence-corrected chi connectivity index (χ3v) is 2.89. The largest absolute Gasteiger partial charge is 0.332 e. The lowest BCUT2D eigenvalue weighted by Crippen LogP contribution is -2.39. The van der Waals surface area contributed by atoms with E-state index in [4.69, 9.17) is 11.0 Å². The highest BCUT2D eigenvalue weighted by molar-refractivity contribution is 5.69. The summed E-state index contributed by atoms with van der Waals surface area (Å²) in [6.45, 7) is -4.49. The lowest BCUT2D eigenvalue weighted by atomic mass is 10.2. The molecule has 0 aromatic carbocycles.